The van der Waals surface area contributed by atoms with Gasteiger partial charge in [0.05, 0.1) is 12.6 Å². The van der Waals surface area contributed by atoms with Crippen LogP contribution in [0.25, 0.3) is 0 Å². The highest BCUT2D eigenvalue weighted by molar-refractivity contribution is 6.04. The van der Waals surface area contributed by atoms with Crippen LogP contribution in [-0.4, -0.2) is 35.8 Å². The Labute approximate surface area is 123 Å². The van der Waals surface area contributed by atoms with Crippen LogP contribution in [0.4, 0.5) is 4.79 Å². The first-order chi connectivity index (χ1) is 9.88. The lowest BCUT2D eigenvalue weighted by atomic mass is 10.00. The molecule has 1 atom stereocenters. The Morgan fingerprint density at radius 2 is 2.10 bits per heavy atom. The molecule has 2 rings (SSSR count). The van der Waals surface area contributed by atoms with Gasteiger partial charge in [0.25, 0.3) is 5.91 Å². The third kappa shape index (κ3) is 3.39. The van der Waals surface area contributed by atoms with Gasteiger partial charge in [-0.3, -0.25) is 14.5 Å². The van der Waals surface area contributed by atoms with Crippen molar-refractivity contribution < 1.29 is 14.4 Å². The summed E-state index contributed by atoms with van der Waals surface area (Å²) in [6.45, 7) is 5.56. The normalized spacial score (nSPS) is 15.9. The number of carbonyl (C=O) groups is 3. The molecule has 0 radical (unpaired) electrons. The summed E-state index contributed by atoms with van der Waals surface area (Å²) in [6, 6.07) is 5.34. The number of nitrogens with zero attached hydrogens (tertiary/aromatic N) is 1. The number of benzene rings is 1. The Hall–Kier alpha value is -2.37. The van der Waals surface area contributed by atoms with Gasteiger partial charge in [0.1, 0.15) is 6.54 Å². The van der Waals surface area contributed by atoms with Gasteiger partial charge in [-0.1, -0.05) is 23.8 Å². The van der Waals surface area contributed by atoms with Crippen molar-refractivity contribution in [2.75, 3.05) is 13.1 Å². The minimum Gasteiger partial charge on any atom is -0.348 e. The number of aryl methyl sites for hydroxylation is 2. The molecule has 0 unspecified atom stereocenters. The van der Waals surface area contributed by atoms with Gasteiger partial charge in [0.2, 0.25) is 5.91 Å². The van der Waals surface area contributed by atoms with Crippen LogP contribution in [0.15, 0.2) is 18.2 Å². The fraction of sp³-hybridized carbons (Fsp3) is 0.400. The second-order valence-corrected chi connectivity index (χ2v) is 5.29. The molecular formula is C15H19N3O3. The molecule has 1 fully saturated rings. The van der Waals surface area contributed by atoms with Crippen LogP contribution in [0.1, 0.15) is 29.7 Å². The standard InChI is InChI=1S/C15H19N3O3/c1-9-4-5-10(2)12(6-9)11(3)17-13(19)8-18-14(20)7-16-15(18)21/h4-6,11H,7-8H2,1-3H3,(H,16,21)(H,17,19)/t11-/m1/s1. The molecule has 0 aliphatic carbocycles. The molecule has 0 spiro atoms. The quantitative estimate of drug-likeness (QED) is 0.813. The highest BCUT2D eigenvalue weighted by atomic mass is 16.2. The van der Waals surface area contributed by atoms with E-state index < -0.39 is 6.03 Å². The first kappa shape index (κ1) is 15.0. The number of rotatable bonds is 4. The largest absolute Gasteiger partial charge is 0.348 e. The molecule has 2 N–H and O–H groups in total. The molecule has 1 heterocycles. The molecule has 1 aliphatic rings. The molecule has 1 aliphatic heterocycles. The van der Waals surface area contributed by atoms with Gasteiger partial charge in [-0.15, -0.1) is 0 Å². The van der Waals surface area contributed by atoms with Gasteiger partial charge in [-0.05, 0) is 31.9 Å². The predicted molar refractivity (Wildman–Crippen MR) is 77.6 cm³/mol. The van der Waals surface area contributed by atoms with E-state index in [9.17, 15) is 14.4 Å². The van der Waals surface area contributed by atoms with E-state index >= 15 is 0 Å². The van der Waals surface area contributed by atoms with Crippen molar-refractivity contribution in [2.45, 2.75) is 26.8 Å². The molecule has 112 valence electrons. The zero-order valence-electron chi connectivity index (χ0n) is 12.4. The average Bonchev–Trinajstić information content (AvgIpc) is 2.73. The summed E-state index contributed by atoms with van der Waals surface area (Å²) in [5.74, 6) is -0.733. The molecule has 1 aromatic rings. The maximum Gasteiger partial charge on any atom is 0.325 e. The van der Waals surface area contributed by atoms with Gasteiger partial charge >= 0.3 is 6.03 Å². The average molecular weight is 289 g/mol. The lowest BCUT2D eigenvalue weighted by molar-refractivity contribution is -0.130. The second-order valence-electron chi connectivity index (χ2n) is 5.29. The van der Waals surface area contributed by atoms with Crippen molar-refractivity contribution in [1.29, 1.82) is 0 Å². The molecule has 1 saturated heterocycles. The van der Waals surface area contributed by atoms with E-state index in [1.807, 2.05) is 39.0 Å². The zero-order valence-corrected chi connectivity index (χ0v) is 12.4. The summed E-state index contributed by atoms with van der Waals surface area (Å²) in [4.78, 5) is 35.7. The van der Waals surface area contributed by atoms with E-state index in [0.29, 0.717) is 0 Å². The van der Waals surface area contributed by atoms with E-state index in [1.54, 1.807) is 0 Å². The Morgan fingerprint density at radius 3 is 2.71 bits per heavy atom. The SMILES string of the molecule is Cc1ccc(C)c([C@@H](C)NC(=O)CN2C(=O)CNC2=O)c1. The van der Waals surface area contributed by atoms with Gasteiger partial charge in [0.15, 0.2) is 0 Å². The van der Waals surface area contributed by atoms with Crippen molar-refractivity contribution in [3.63, 3.8) is 0 Å². The fourth-order valence-electron chi connectivity index (χ4n) is 2.35. The van der Waals surface area contributed by atoms with Gasteiger partial charge in [-0.25, -0.2) is 4.79 Å². The van der Waals surface area contributed by atoms with Crippen molar-refractivity contribution in [1.82, 2.24) is 15.5 Å². The molecule has 6 heteroatoms. The summed E-state index contributed by atoms with van der Waals surface area (Å²) in [7, 11) is 0. The van der Waals surface area contributed by atoms with Crippen molar-refractivity contribution in [2.24, 2.45) is 0 Å². The summed E-state index contributed by atoms with van der Waals surface area (Å²) >= 11 is 0. The highest BCUT2D eigenvalue weighted by Crippen LogP contribution is 2.18. The number of amides is 4. The van der Waals surface area contributed by atoms with Crippen LogP contribution in [0.3, 0.4) is 0 Å². The van der Waals surface area contributed by atoms with Gasteiger partial charge in [0, 0.05) is 0 Å². The lowest BCUT2D eigenvalue weighted by Gasteiger charge is -2.19. The van der Waals surface area contributed by atoms with Crippen LogP contribution in [0.5, 0.6) is 0 Å². The minimum absolute atomic E-state index is 0.0430. The summed E-state index contributed by atoms with van der Waals surface area (Å²) < 4.78 is 0. The molecule has 4 amide bonds. The van der Waals surface area contributed by atoms with Crippen LogP contribution in [-0.2, 0) is 9.59 Å². The first-order valence-electron chi connectivity index (χ1n) is 6.83. The Morgan fingerprint density at radius 1 is 1.38 bits per heavy atom. The van der Waals surface area contributed by atoms with E-state index in [2.05, 4.69) is 10.6 Å². The Balaban J connectivity index is 2.00. The Kier molecular flexibility index (Phi) is 4.26. The van der Waals surface area contributed by atoms with Gasteiger partial charge < -0.3 is 10.6 Å². The molecule has 0 aromatic heterocycles. The molecule has 6 nitrogen and oxygen atoms in total. The molecule has 0 saturated carbocycles. The number of nitrogens with one attached hydrogen (secondary N) is 2. The molecule has 0 bridgehead atoms. The second kappa shape index (κ2) is 5.95. The monoisotopic (exact) mass is 289 g/mol. The number of hydrogen-bond acceptors (Lipinski definition) is 3. The smallest absolute Gasteiger partial charge is 0.325 e. The third-order valence-corrected chi connectivity index (χ3v) is 3.52. The van der Waals surface area contributed by atoms with Crippen LogP contribution >= 0.6 is 0 Å². The number of hydrogen-bond donors (Lipinski definition) is 2. The molecule has 21 heavy (non-hydrogen) atoms. The van der Waals surface area contributed by atoms with E-state index in [-0.39, 0.29) is 30.9 Å². The topological polar surface area (TPSA) is 78.5 Å². The van der Waals surface area contributed by atoms with Crippen LogP contribution in [0, 0.1) is 13.8 Å². The fourth-order valence-corrected chi connectivity index (χ4v) is 2.35. The first-order valence-corrected chi connectivity index (χ1v) is 6.83. The van der Waals surface area contributed by atoms with Crippen molar-refractivity contribution in [3.8, 4) is 0 Å². The van der Waals surface area contributed by atoms with Crippen molar-refractivity contribution in [3.05, 3.63) is 34.9 Å². The van der Waals surface area contributed by atoms with Crippen LogP contribution in [0.2, 0.25) is 0 Å². The van der Waals surface area contributed by atoms with E-state index in [1.165, 1.54) is 0 Å². The molecule has 1 aromatic carbocycles. The summed E-state index contributed by atoms with van der Waals surface area (Å²) in [6.07, 6.45) is 0. The third-order valence-electron chi connectivity index (χ3n) is 3.52. The predicted octanol–water partition coefficient (Wildman–Crippen LogP) is 1.03. The zero-order chi connectivity index (χ0) is 15.6. The lowest BCUT2D eigenvalue weighted by Crippen LogP contribution is -2.41. The minimum atomic E-state index is -0.519. The van der Waals surface area contributed by atoms with Crippen molar-refractivity contribution >= 4 is 17.8 Å². The maximum atomic E-state index is 12.0. The number of imide groups is 1. The highest BCUT2D eigenvalue weighted by Gasteiger charge is 2.30. The van der Waals surface area contributed by atoms with E-state index in [0.717, 1.165) is 21.6 Å². The maximum absolute atomic E-state index is 12.0. The number of urea groups is 1. The van der Waals surface area contributed by atoms with Gasteiger partial charge in [-0.2, -0.15) is 0 Å². The number of carbonyl (C=O) groups excluding carboxylic acids is 3. The van der Waals surface area contributed by atoms with Crippen LogP contribution < -0.4 is 10.6 Å². The summed E-state index contributed by atoms with van der Waals surface area (Å²) in [5.41, 5.74) is 3.23. The Bertz CT molecular complexity index is 582. The summed E-state index contributed by atoms with van der Waals surface area (Å²) in [5, 5.41) is 5.20. The van der Waals surface area contributed by atoms with E-state index in [4.69, 9.17) is 0 Å². The molecular weight excluding hydrogens is 270 g/mol.